The molecule has 0 fully saturated rings. The van der Waals surface area contributed by atoms with Gasteiger partial charge >= 0.3 is 0 Å². The summed E-state index contributed by atoms with van der Waals surface area (Å²) in [5.74, 6) is 0.819. The largest absolute Gasteiger partial charge is 0.497 e. The van der Waals surface area contributed by atoms with Crippen LogP contribution >= 0.6 is 0 Å². The second-order valence-corrected chi connectivity index (χ2v) is 11.3. The highest BCUT2D eigenvalue weighted by Gasteiger charge is 2.33. The maximum absolute atomic E-state index is 14.1. The van der Waals surface area contributed by atoms with Crippen LogP contribution in [-0.4, -0.2) is 72.2 Å². The van der Waals surface area contributed by atoms with Crippen molar-refractivity contribution in [3.05, 3.63) is 72.3 Å². The quantitative estimate of drug-likeness (QED) is 0.274. The molecule has 0 bridgehead atoms. The van der Waals surface area contributed by atoms with E-state index in [1.165, 1.54) is 37.3 Å². The van der Waals surface area contributed by atoms with Crippen molar-refractivity contribution in [1.82, 2.24) is 10.2 Å². The zero-order valence-corrected chi connectivity index (χ0v) is 26.1. The molecule has 0 unspecified atom stereocenters. The Labute approximate surface area is 253 Å². The van der Waals surface area contributed by atoms with Crippen LogP contribution in [0.5, 0.6) is 23.0 Å². The highest BCUT2D eigenvalue weighted by atomic mass is 32.2. The molecule has 0 spiro atoms. The van der Waals surface area contributed by atoms with Gasteiger partial charge in [-0.3, -0.25) is 13.9 Å². The molecular weight excluding hydrogens is 574 g/mol. The lowest BCUT2D eigenvalue weighted by Crippen LogP contribution is -2.51. The standard InChI is InChI=1S/C31H39N3O8S/c1-7-32-31(36)22(3)33(20-23-9-13-25(39-4)14-10-23)30(35)21-34(24-11-15-26(16-12-24)42-8-2)43(37,38)27-17-18-28(40-5)29(19-27)41-6/h9-19,22H,7-8,20-21H2,1-6H3,(H,32,36)/t22-/m1/s1. The molecule has 0 radical (unpaired) electrons. The molecule has 0 aliphatic heterocycles. The number of anilines is 1. The van der Waals surface area contributed by atoms with Gasteiger partial charge in [-0.05, 0) is 74.9 Å². The van der Waals surface area contributed by atoms with Gasteiger partial charge in [0.25, 0.3) is 10.0 Å². The highest BCUT2D eigenvalue weighted by molar-refractivity contribution is 7.92. The van der Waals surface area contributed by atoms with Crippen LogP contribution in [0.1, 0.15) is 26.3 Å². The third-order valence-corrected chi connectivity index (χ3v) is 8.46. The molecule has 0 saturated heterocycles. The normalized spacial score (nSPS) is 11.7. The zero-order chi connectivity index (χ0) is 31.6. The highest BCUT2D eigenvalue weighted by Crippen LogP contribution is 2.33. The minimum atomic E-state index is -4.31. The van der Waals surface area contributed by atoms with Crippen molar-refractivity contribution in [3.63, 3.8) is 0 Å². The van der Waals surface area contributed by atoms with Crippen LogP contribution in [0, 0.1) is 0 Å². The Morgan fingerprint density at radius 2 is 1.47 bits per heavy atom. The summed E-state index contributed by atoms with van der Waals surface area (Å²) in [6.45, 7) is 5.52. The molecule has 3 aromatic rings. The summed E-state index contributed by atoms with van der Waals surface area (Å²) in [6.07, 6.45) is 0. The number of nitrogens with zero attached hydrogens (tertiary/aromatic N) is 2. The van der Waals surface area contributed by atoms with Crippen LogP contribution in [0.3, 0.4) is 0 Å². The molecule has 0 heterocycles. The molecule has 3 rings (SSSR count). The maximum atomic E-state index is 14.1. The maximum Gasteiger partial charge on any atom is 0.264 e. The van der Waals surface area contributed by atoms with Gasteiger partial charge in [-0.25, -0.2) is 8.42 Å². The average molecular weight is 614 g/mol. The zero-order valence-electron chi connectivity index (χ0n) is 25.3. The number of nitrogens with one attached hydrogen (secondary N) is 1. The Morgan fingerprint density at radius 3 is 2.02 bits per heavy atom. The van der Waals surface area contributed by atoms with Crippen LogP contribution in [0.25, 0.3) is 0 Å². The molecule has 1 N–H and O–H groups in total. The minimum absolute atomic E-state index is 0.0641. The van der Waals surface area contributed by atoms with Gasteiger partial charge in [-0.2, -0.15) is 0 Å². The molecule has 11 nitrogen and oxygen atoms in total. The molecule has 232 valence electrons. The van der Waals surface area contributed by atoms with Crippen LogP contribution in [0.4, 0.5) is 5.69 Å². The van der Waals surface area contributed by atoms with Gasteiger partial charge in [0.15, 0.2) is 11.5 Å². The summed E-state index contributed by atoms with van der Waals surface area (Å²) in [6, 6.07) is 16.8. The van der Waals surface area contributed by atoms with E-state index in [2.05, 4.69) is 5.32 Å². The summed E-state index contributed by atoms with van der Waals surface area (Å²) < 4.78 is 50.6. The van der Waals surface area contributed by atoms with E-state index < -0.39 is 28.5 Å². The van der Waals surface area contributed by atoms with Gasteiger partial charge in [0.2, 0.25) is 11.8 Å². The summed E-state index contributed by atoms with van der Waals surface area (Å²) in [5.41, 5.74) is 0.974. The summed E-state index contributed by atoms with van der Waals surface area (Å²) in [7, 11) is 0.0940. The van der Waals surface area contributed by atoms with Crippen molar-refractivity contribution in [2.45, 2.75) is 38.3 Å². The van der Waals surface area contributed by atoms with Gasteiger partial charge in [-0.15, -0.1) is 0 Å². The van der Waals surface area contributed by atoms with Crippen LogP contribution in [0.2, 0.25) is 0 Å². The van der Waals surface area contributed by atoms with Crippen molar-refractivity contribution in [2.75, 3.05) is 45.3 Å². The van der Waals surface area contributed by atoms with E-state index in [1.807, 2.05) is 6.92 Å². The van der Waals surface area contributed by atoms with Gasteiger partial charge < -0.3 is 29.2 Å². The molecular formula is C31H39N3O8S. The van der Waals surface area contributed by atoms with Gasteiger partial charge in [-0.1, -0.05) is 12.1 Å². The number of ether oxygens (including phenoxy) is 4. The summed E-state index contributed by atoms with van der Waals surface area (Å²) >= 11 is 0. The number of likely N-dealkylation sites (N-methyl/N-ethyl adjacent to an activating group) is 1. The Bertz CT molecular complexity index is 1480. The Balaban J connectivity index is 2.07. The summed E-state index contributed by atoms with van der Waals surface area (Å²) in [5, 5.41) is 2.74. The molecule has 0 saturated carbocycles. The number of sulfonamides is 1. The van der Waals surface area contributed by atoms with E-state index in [9.17, 15) is 18.0 Å². The number of methoxy groups -OCH3 is 3. The SMILES string of the molecule is CCNC(=O)[C@@H](C)N(Cc1ccc(OC)cc1)C(=O)CN(c1ccc(OCC)cc1)S(=O)(=O)c1ccc(OC)c(OC)c1. The van der Waals surface area contributed by atoms with E-state index in [0.29, 0.717) is 30.4 Å². The van der Waals surface area contributed by atoms with Crippen molar-refractivity contribution in [2.24, 2.45) is 0 Å². The monoisotopic (exact) mass is 613 g/mol. The molecule has 2 amide bonds. The number of carbonyl (C=O) groups excluding carboxylic acids is 2. The Morgan fingerprint density at radius 1 is 0.837 bits per heavy atom. The number of benzene rings is 3. The second-order valence-electron chi connectivity index (χ2n) is 9.40. The second kappa shape index (κ2) is 15.1. The predicted molar refractivity (Wildman–Crippen MR) is 163 cm³/mol. The first-order valence-corrected chi connectivity index (χ1v) is 15.2. The van der Waals surface area contributed by atoms with Gasteiger partial charge in [0, 0.05) is 19.2 Å². The van der Waals surface area contributed by atoms with Crippen LogP contribution < -0.4 is 28.6 Å². The molecule has 1 atom stereocenters. The topological polar surface area (TPSA) is 124 Å². The lowest BCUT2D eigenvalue weighted by Gasteiger charge is -2.32. The smallest absolute Gasteiger partial charge is 0.264 e. The Hall–Kier alpha value is -4.45. The van der Waals surface area contributed by atoms with Crippen LogP contribution in [-0.2, 0) is 26.2 Å². The van der Waals surface area contributed by atoms with Crippen LogP contribution in [0.15, 0.2) is 71.6 Å². The molecule has 43 heavy (non-hydrogen) atoms. The molecule has 0 aliphatic carbocycles. The third-order valence-electron chi connectivity index (χ3n) is 6.69. The molecule has 0 aromatic heterocycles. The fraction of sp³-hybridized carbons (Fsp3) is 0.355. The number of rotatable bonds is 15. The lowest BCUT2D eigenvalue weighted by molar-refractivity contribution is -0.139. The average Bonchev–Trinajstić information content (AvgIpc) is 3.02. The fourth-order valence-corrected chi connectivity index (χ4v) is 5.77. The van der Waals surface area contributed by atoms with E-state index >= 15 is 0 Å². The summed E-state index contributed by atoms with van der Waals surface area (Å²) in [4.78, 5) is 28.2. The van der Waals surface area contributed by atoms with Crippen molar-refractivity contribution in [1.29, 1.82) is 0 Å². The van der Waals surface area contributed by atoms with E-state index in [0.717, 1.165) is 9.87 Å². The molecule has 3 aromatic carbocycles. The van der Waals surface area contributed by atoms with E-state index in [4.69, 9.17) is 18.9 Å². The van der Waals surface area contributed by atoms with Gasteiger partial charge in [0.1, 0.15) is 24.1 Å². The van der Waals surface area contributed by atoms with Crippen molar-refractivity contribution >= 4 is 27.5 Å². The van der Waals surface area contributed by atoms with E-state index in [1.54, 1.807) is 69.5 Å². The fourth-order valence-electron chi connectivity index (χ4n) is 4.34. The number of hydrogen-bond acceptors (Lipinski definition) is 8. The number of carbonyl (C=O) groups is 2. The predicted octanol–water partition coefficient (Wildman–Crippen LogP) is 3.86. The van der Waals surface area contributed by atoms with E-state index in [-0.39, 0.29) is 28.8 Å². The number of amides is 2. The van der Waals surface area contributed by atoms with Gasteiger partial charge in [0.05, 0.1) is 38.5 Å². The minimum Gasteiger partial charge on any atom is -0.497 e. The lowest BCUT2D eigenvalue weighted by atomic mass is 10.1. The molecule has 12 heteroatoms. The first-order chi connectivity index (χ1) is 20.6. The first kappa shape index (κ1) is 33.1. The molecule has 0 aliphatic rings. The first-order valence-electron chi connectivity index (χ1n) is 13.8. The number of hydrogen-bond donors (Lipinski definition) is 1. The van der Waals surface area contributed by atoms with Crippen molar-refractivity contribution < 1.29 is 37.0 Å². The third kappa shape index (κ3) is 8.10. The Kier molecular flexibility index (Phi) is 11.6. The van der Waals surface area contributed by atoms with Crippen molar-refractivity contribution in [3.8, 4) is 23.0 Å².